The number of nitrogens with two attached hydrogens (primary N) is 1. The van der Waals surface area contributed by atoms with Crippen LogP contribution in [0.15, 0.2) is 23.1 Å². The Balaban J connectivity index is 0.00000364. The molecule has 1 unspecified atom stereocenters. The van der Waals surface area contributed by atoms with Gasteiger partial charge >= 0.3 is 0 Å². The fraction of sp³-hybridized carbons (Fsp3) is 0.529. The molecule has 0 aliphatic rings. The van der Waals surface area contributed by atoms with E-state index in [2.05, 4.69) is 10.3 Å². The van der Waals surface area contributed by atoms with Gasteiger partial charge in [-0.2, -0.15) is 0 Å². The van der Waals surface area contributed by atoms with Gasteiger partial charge in [0.2, 0.25) is 15.9 Å². The highest BCUT2D eigenvalue weighted by Crippen LogP contribution is 2.21. The number of rotatable bonds is 8. The van der Waals surface area contributed by atoms with E-state index in [1.54, 1.807) is 18.2 Å². The second kappa shape index (κ2) is 9.50. The van der Waals surface area contributed by atoms with Crippen molar-refractivity contribution in [2.24, 2.45) is 18.7 Å². The second-order valence-electron chi connectivity index (χ2n) is 6.67. The maximum atomic E-state index is 12.3. The number of hydrogen-bond donors (Lipinski definition) is 2. The summed E-state index contributed by atoms with van der Waals surface area (Å²) >= 11 is 0. The van der Waals surface area contributed by atoms with Crippen molar-refractivity contribution in [1.29, 1.82) is 0 Å². The first kappa shape index (κ1) is 23.4. The largest absolute Gasteiger partial charge is 0.356 e. The standard InChI is InChI=1S/C17H27N5O3S.ClH/c1-12(10-18)11-19-17(23)8-7-16-20-14-9-13(26(24,25)21(2)3)5-6-15(14)22(16)4;/h5-6,9,12H,7-8,10-11,18H2,1-4H3,(H,19,23);1H. The van der Waals surface area contributed by atoms with Gasteiger partial charge in [0.05, 0.1) is 15.9 Å². The summed E-state index contributed by atoms with van der Waals surface area (Å²) in [7, 11) is 1.34. The molecule has 27 heavy (non-hydrogen) atoms. The normalized spacial score (nSPS) is 12.8. The molecule has 0 fully saturated rings. The van der Waals surface area contributed by atoms with Gasteiger partial charge < -0.3 is 15.6 Å². The highest BCUT2D eigenvalue weighted by molar-refractivity contribution is 7.89. The Hall–Kier alpha value is -1.68. The van der Waals surface area contributed by atoms with Crippen molar-refractivity contribution in [2.45, 2.75) is 24.7 Å². The zero-order valence-corrected chi connectivity index (χ0v) is 17.7. The van der Waals surface area contributed by atoms with E-state index in [-0.39, 0.29) is 29.1 Å². The lowest BCUT2D eigenvalue weighted by Crippen LogP contribution is -2.31. The van der Waals surface area contributed by atoms with Crippen LogP contribution in [0.2, 0.25) is 0 Å². The van der Waals surface area contributed by atoms with Gasteiger partial charge in [-0.15, -0.1) is 12.4 Å². The van der Waals surface area contributed by atoms with Crippen LogP contribution < -0.4 is 11.1 Å². The Morgan fingerprint density at radius 1 is 1.37 bits per heavy atom. The summed E-state index contributed by atoms with van der Waals surface area (Å²) in [5, 5.41) is 2.86. The maximum absolute atomic E-state index is 12.3. The van der Waals surface area contributed by atoms with Gasteiger partial charge in [-0.3, -0.25) is 4.79 Å². The minimum Gasteiger partial charge on any atom is -0.356 e. The molecule has 1 aromatic heterocycles. The zero-order valence-electron chi connectivity index (χ0n) is 16.1. The summed E-state index contributed by atoms with van der Waals surface area (Å²) in [4.78, 5) is 16.7. The monoisotopic (exact) mass is 417 g/mol. The summed E-state index contributed by atoms with van der Waals surface area (Å²) in [6.07, 6.45) is 0.793. The minimum absolute atomic E-state index is 0. The minimum atomic E-state index is -3.51. The molecule has 0 spiro atoms. The van der Waals surface area contributed by atoms with Crippen molar-refractivity contribution in [3.63, 3.8) is 0 Å². The second-order valence-corrected chi connectivity index (χ2v) is 8.82. The number of sulfonamides is 1. The van der Waals surface area contributed by atoms with E-state index in [0.717, 1.165) is 11.3 Å². The third-order valence-electron chi connectivity index (χ3n) is 4.35. The molecule has 1 atom stereocenters. The number of carbonyl (C=O) groups excluding carboxylic acids is 1. The Kier molecular flexibility index (Phi) is 8.22. The van der Waals surface area contributed by atoms with E-state index in [1.165, 1.54) is 18.4 Å². The van der Waals surface area contributed by atoms with E-state index in [1.807, 2.05) is 18.5 Å². The van der Waals surface area contributed by atoms with Gasteiger partial charge in [-0.05, 0) is 30.7 Å². The number of benzene rings is 1. The molecule has 1 aromatic carbocycles. The van der Waals surface area contributed by atoms with Crippen molar-refractivity contribution in [2.75, 3.05) is 27.2 Å². The van der Waals surface area contributed by atoms with E-state index in [9.17, 15) is 13.2 Å². The van der Waals surface area contributed by atoms with Crippen molar-refractivity contribution in [3.8, 4) is 0 Å². The third kappa shape index (κ3) is 5.41. The molecule has 1 amide bonds. The summed E-state index contributed by atoms with van der Waals surface area (Å²) in [5.41, 5.74) is 6.97. The topological polar surface area (TPSA) is 110 Å². The van der Waals surface area contributed by atoms with Gasteiger partial charge in [-0.25, -0.2) is 17.7 Å². The SMILES string of the molecule is CC(CN)CNC(=O)CCc1nc2cc(S(=O)(=O)N(C)C)ccc2n1C.Cl. The summed E-state index contributed by atoms with van der Waals surface area (Å²) in [6, 6.07) is 4.88. The number of hydrogen-bond acceptors (Lipinski definition) is 5. The summed E-state index contributed by atoms with van der Waals surface area (Å²) in [6.45, 7) is 3.07. The predicted molar refractivity (Wildman–Crippen MR) is 108 cm³/mol. The Bertz CT molecular complexity index is 895. The van der Waals surface area contributed by atoms with Gasteiger partial charge in [0.25, 0.3) is 0 Å². The fourth-order valence-electron chi connectivity index (χ4n) is 2.51. The Labute approximate surface area is 166 Å². The van der Waals surface area contributed by atoms with E-state index in [4.69, 9.17) is 5.73 Å². The van der Waals surface area contributed by atoms with Crippen LogP contribution in [0.5, 0.6) is 0 Å². The molecule has 2 aromatic rings. The third-order valence-corrected chi connectivity index (χ3v) is 6.16. The first-order valence-corrected chi connectivity index (χ1v) is 9.95. The molecule has 0 aliphatic carbocycles. The van der Waals surface area contributed by atoms with Gasteiger partial charge in [0.1, 0.15) is 5.82 Å². The molecule has 0 radical (unpaired) electrons. The zero-order chi connectivity index (χ0) is 19.5. The Morgan fingerprint density at radius 2 is 2.04 bits per heavy atom. The predicted octanol–water partition coefficient (Wildman–Crippen LogP) is 0.889. The molecule has 0 aliphatic heterocycles. The number of fused-ring (bicyclic) bond motifs is 1. The summed E-state index contributed by atoms with van der Waals surface area (Å²) in [5.74, 6) is 0.932. The highest BCUT2D eigenvalue weighted by Gasteiger charge is 2.19. The van der Waals surface area contributed by atoms with Crippen LogP contribution in [0, 0.1) is 5.92 Å². The number of nitrogens with zero attached hydrogens (tertiary/aromatic N) is 3. The quantitative estimate of drug-likeness (QED) is 0.662. The number of imidazole rings is 1. The first-order valence-electron chi connectivity index (χ1n) is 8.51. The van der Waals surface area contributed by atoms with Crippen molar-refractivity contribution in [1.82, 2.24) is 19.2 Å². The molecule has 3 N–H and O–H groups in total. The van der Waals surface area contributed by atoms with Crippen molar-refractivity contribution < 1.29 is 13.2 Å². The lowest BCUT2D eigenvalue weighted by atomic mass is 10.2. The molecule has 152 valence electrons. The van der Waals surface area contributed by atoms with E-state index >= 15 is 0 Å². The molecule has 0 saturated heterocycles. The average molecular weight is 418 g/mol. The summed E-state index contributed by atoms with van der Waals surface area (Å²) < 4.78 is 27.6. The number of nitrogens with one attached hydrogen (secondary N) is 1. The number of aryl methyl sites for hydroxylation is 2. The number of amides is 1. The van der Waals surface area contributed by atoms with Crippen LogP contribution in [0.25, 0.3) is 11.0 Å². The number of carbonyl (C=O) groups is 1. The average Bonchev–Trinajstić information content (AvgIpc) is 2.93. The number of halogens is 1. The van der Waals surface area contributed by atoms with Crippen molar-refractivity contribution in [3.05, 3.63) is 24.0 Å². The van der Waals surface area contributed by atoms with Crippen LogP contribution in [-0.2, 0) is 28.3 Å². The highest BCUT2D eigenvalue weighted by atomic mass is 35.5. The molecular weight excluding hydrogens is 390 g/mol. The fourth-order valence-corrected chi connectivity index (χ4v) is 3.43. The molecule has 10 heteroatoms. The van der Waals surface area contributed by atoms with Crippen molar-refractivity contribution >= 4 is 39.4 Å². The first-order chi connectivity index (χ1) is 12.2. The molecule has 0 saturated carbocycles. The van der Waals surface area contributed by atoms with Crippen LogP contribution in [0.3, 0.4) is 0 Å². The maximum Gasteiger partial charge on any atom is 0.242 e. The smallest absolute Gasteiger partial charge is 0.242 e. The molecule has 0 bridgehead atoms. The Morgan fingerprint density at radius 3 is 2.63 bits per heavy atom. The number of aromatic nitrogens is 2. The lowest BCUT2D eigenvalue weighted by molar-refractivity contribution is -0.121. The van der Waals surface area contributed by atoms with Crippen LogP contribution in [0.1, 0.15) is 19.2 Å². The van der Waals surface area contributed by atoms with Gasteiger partial charge in [0, 0.05) is 40.5 Å². The van der Waals surface area contributed by atoms with Crippen LogP contribution in [-0.4, -0.2) is 55.4 Å². The van der Waals surface area contributed by atoms with Crippen LogP contribution >= 0.6 is 12.4 Å². The molecule has 8 nitrogen and oxygen atoms in total. The van der Waals surface area contributed by atoms with Gasteiger partial charge in [-0.1, -0.05) is 6.92 Å². The molecule has 2 rings (SSSR count). The van der Waals surface area contributed by atoms with Crippen LogP contribution in [0.4, 0.5) is 0 Å². The molecular formula is C17H28ClN5O3S. The lowest BCUT2D eigenvalue weighted by Gasteiger charge is -2.11. The van der Waals surface area contributed by atoms with E-state index in [0.29, 0.717) is 31.4 Å². The molecule has 1 heterocycles. The van der Waals surface area contributed by atoms with Gasteiger partial charge in [0.15, 0.2) is 0 Å². The van der Waals surface area contributed by atoms with E-state index < -0.39 is 10.0 Å².